The molecule has 0 aromatic rings. The zero-order valence-corrected chi connectivity index (χ0v) is 15.1. The summed E-state index contributed by atoms with van der Waals surface area (Å²) in [5, 5.41) is 3.09. The van der Waals surface area contributed by atoms with Crippen LogP contribution in [0.2, 0.25) is 0 Å². The van der Waals surface area contributed by atoms with Crippen LogP contribution in [0.15, 0.2) is 0 Å². The quantitative estimate of drug-likeness (QED) is 0.803. The van der Waals surface area contributed by atoms with E-state index in [1.807, 2.05) is 6.92 Å². The van der Waals surface area contributed by atoms with E-state index >= 15 is 0 Å². The minimum absolute atomic E-state index is 0.00254. The van der Waals surface area contributed by atoms with Gasteiger partial charge in [-0.05, 0) is 42.4 Å². The second-order valence-electron chi connectivity index (χ2n) is 8.78. The summed E-state index contributed by atoms with van der Waals surface area (Å²) in [4.78, 5) is 26.8. The van der Waals surface area contributed by atoms with Crippen molar-refractivity contribution in [2.24, 2.45) is 16.7 Å². The van der Waals surface area contributed by atoms with Crippen molar-refractivity contribution in [3.05, 3.63) is 0 Å². The van der Waals surface area contributed by atoms with Gasteiger partial charge in [0.05, 0.1) is 0 Å². The summed E-state index contributed by atoms with van der Waals surface area (Å²) in [5.74, 6) is 0.573. The van der Waals surface area contributed by atoms with Crippen molar-refractivity contribution >= 4 is 11.9 Å². The Labute approximate surface area is 135 Å². The molecule has 1 aliphatic heterocycles. The van der Waals surface area contributed by atoms with Crippen LogP contribution in [0.5, 0.6) is 0 Å². The Hall–Kier alpha value is -1.06. The van der Waals surface area contributed by atoms with E-state index in [4.69, 9.17) is 0 Å². The first-order chi connectivity index (χ1) is 10.1. The first-order valence-electron chi connectivity index (χ1n) is 8.71. The smallest absolute Gasteiger partial charge is 0.323 e. The number of carbonyl (C=O) groups is 2. The van der Waals surface area contributed by atoms with E-state index < -0.39 is 5.54 Å². The van der Waals surface area contributed by atoms with E-state index in [0.29, 0.717) is 12.5 Å². The van der Waals surface area contributed by atoms with E-state index in [1.165, 1.54) is 4.90 Å². The lowest BCUT2D eigenvalue weighted by Gasteiger charge is -2.37. The van der Waals surface area contributed by atoms with Crippen LogP contribution in [0.25, 0.3) is 0 Å². The second kappa shape index (κ2) is 5.54. The molecule has 4 heteroatoms. The fourth-order valence-electron chi connectivity index (χ4n) is 4.86. The predicted molar refractivity (Wildman–Crippen MR) is 88.5 cm³/mol. The summed E-state index contributed by atoms with van der Waals surface area (Å²) in [6, 6.07) is -0.201. The van der Waals surface area contributed by atoms with Crippen molar-refractivity contribution in [2.45, 2.75) is 79.2 Å². The topological polar surface area (TPSA) is 49.4 Å². The van der Waals surface area contributed by atoms with Gasteiger partial charge in [-0.15, -0.1) is 0 Å². The Balaban J connectivity index is 2.41. The molecule has 22 heavy (non-hydrogen) atoms. The molecule has 2 unspecified atom stereocenters. The highest BCUT2D eigenvalue weighted by Crippen LogP contribution is 2.52. The molecule has 1 aliphatic carbocycles. The van der Waals surface area contributed by atoms with Gasteiger partial charge in [-0.1, -0.05) is 48.0 Å². The van der Waals surface area contributed by atoms with Gasteiger partial charge in [0.1, 0.15) is 5.54 Å². The fourth-order valence-corrected chi connectivity index (χ4v) is 4.86. The molecule has 1 saturated carbocycles. The summed E-state index contributed by atoms with van der Waals surface area (Å²) >= 11 is 0. The molecule has 0 aromatic heterocycles. The third-order valence-electron chi connectivity index (χ3n) is 5.63. The van der Waals surface area contributed by atoms with Gasteiger partial charge in [-0.2, -0.15) is 0 Å². The third-order valence-corrected chi connectivity index (χ3v) is 5.63. The Morgan fingerprint density at radius 2 is 1.77 bits per heavy atom. The van der Waals surface area contributed by atoms with Crippen LogP contribution < -0.4 is 5.32 Å². The second-order valence-corrected chi connectivity index (χ2v) is 8.78. The molecular formula is C18H32N2O2. The number of imide groups is 1. The van der Waals surface area contributed by atoms with Crippen LogP contribution in [0, 0.1) is 16.7 Å². The highest BCUT2D eigenvalue weighted by atomic mass is 16.2. The maximum atomic E-state index is 13.0. The molecule has 2 atom stereocenters. The van der Waals surface area contributed by atoms with Gasteiger partial charge >= 0.3 is 6.03 Å². The molecule has 1 spiro atoms. The maximum absolute atomic E-state index is 13.0. The number of carbonyl (C=O) groups excluding carboxylic acids is 2. The number of amides is 3. The molecule has 1 N–H and O–H groups in total. The van der Waals surface area contributed by atoms with E-state index in [0.717, 1.165) is 32.1 Å². The molecular weight excluding hydrogens is 276 g/mol. The van der Waals surface area contributed by atoms with Gasteiger partial charge in [0.25, 0.3) is 5.91 Å². The van der Waals surface area contributed by atoms with Crippen molar-refractivity contribution in [3.63, 3.8) is 0 Å². The number of nitrogens with one attached hydrogen (secondary N) is 1. The number of nitrogens with zero attached hydrogens (tertiary/aromatic N) is 1. The van der Waals surface area contributed by atoms with Gasteiger partial charge in [0, 0.05) is 6.54 Å². The van der Waals surface area contributed by atoms with Crippen LogP contribution in [-0.2, 0) is 4.79 Å². The average molecular weight is 308 g/mol. The van der Waals surface area contributed by atoms with Crippen molar-refractivity contribution in [3.8, 4) is 0 Å². The minimum atomic E-state index is -0.705. The molecule has 0 bridgehead atoms. The summed E-state index contributed by atoms with van der Waals surface area (Å²) in [6.45, 7) is 13.7. The first kappa shape index (κ1) is 17.3. The molecule has 0 aromatic carbocycles. The number of hydrogen-bond donors (Lipinski definition) is 1. The molecule has 2 fully saturated rings. The molecule has 4 nitrogen and oxygen atoms in total. The molecule has 1 heterocycles. The van der Waals surface area contributed by atoms with Gasteiger partial charge in [-0.3, -0.25) is 9.69 Å². The third kappa shape index (κ3) is 2.89. The lowest BCUT2D eigenvalue weighted by Crippen LogP contribution is -2.51. The average Bonchev–Trinajstić information content (AvgIpc) is 2.54. The summed E-state index contributed by atoms with van der Waals surface area (Å²) < 4.78 is 0. The number of urea groups is 1. The van der Waals surface area contributed by atoms with Crippen LogP contribution in [0.1, 0.15) is 73.6 Å². The maximum Gasteiger partial charge on any atom is 0.325 e. The van der Waals surface area contributed by atoms with Crippen LogP contribution >= 0.6 is 0 Å². The molecule has 2 aliphatic rings. The van der Waals surface area contributed by atoms with Crippen molar-refractivity contribution in [2.75, 3.05) is 6.54 Å². The van der Waals surface area contributed by atoms with E-state index in [1.54, 1.807) is 0 Å². The molecule has 1 saturated heterocycles. The van der Waals surface area contributed by atoms with Crippen molar-refractivity contribution < 1.29 is 9.59 Å². The lowest BCUT2D eigenvalue weighted by molar-refractivity contribution is -0.133. The molecule has 3 amide bonds. The van der Waals surface area contributed by atoms with E-state index in [-0.39, 0.29) is 22.8 Å². The standard InChI is InChI=1S/C18H32N2O2/c1-7-9-20-14(21)18(19-15(20)22)11-16(3,4)10-13(8-2)17(5,6)12-18/h13H,7-12H2,1-6H3,(H,19,22). The monoisotopic (exact) mass is 308 g/mol. The largest absolute Gasteiger partial charge is 0.325 e. The van der Waals surface area contributed by atoms with E-state index in [2.05, 4.69) is 39.9 Å². The SMILES string of the molecule is CCCN1C(=O)NC2(CC(C)(C)CC(CC)C(C)(C)C2)C1=O. The van der Waals surface area contributed by atoms with Gasteiger partial charge in [0.2, 0.25) is 0 Å². The van der Waals surface area contributed by atoms with Crippen LogP contribution in [0.4, 0.5) is 4.79 Å². The number of hydrogen-bond acceptors (Lipinski definition) is 2. The Morgan fingerprint density at radius 1 is 1.14 bits per heavy atom. The molecule has 2 rings (SSSR count). The van der Waals surface area contributed by atoms with Gasteiger partial charge in [0.15, 0.2) is 0 Å². The summed E-state index contributed by atoms with van der Waals surface area (Å²) in [6.07, 6.45) is 4.51. The Kier molecular flexibility index (Phi) is 4.35. The lowest BCUT2D eigenvalue weighted by atomic mass is 9.70. The molecule has 126 valence electrons. The first-order valence-corrected chi connectivity index (χ1v) is 8.71. The van der Waals surface area contributed by atoms with E-state index in [9.17, 15) is 9.59 Å². The Morgan fingerprint density at radius 3 is 2.32 bits per heavy atom. The highest BCUT2D eigenvalue weighted by molar-refractivity contribution is 6.07. The van der Waals surface area contributed by atoms with Gasteiger partial charge in [-0.25, -0.2) is 4.79 Å². The van der Waals surface area contributed by atoms with Gasteiger partial charge < -0.3 is 5.32 Å². The zero-order chi connectivity index (χ0) is 16.8. The number of rotatable bonds is 3. The summed E-state index contributed by atoms with van der Waals surface area (Å²) in [7, 11) is 0. The van der Waals surface area contributed by atoms with Crippen LogP contribution in [-0.4, -0.2) is 28.9 Å². The van der Waals surface area contributed by atoms with Crippen molar-refractivity contribution in [1.29, 1.82) is 0 Å². The Bertz CT molecular complexity index is 470. The predicted octanol–water partition coefficient (Wildman–Crippen LogP) is 3.95. The normalized spacial score (nSPS) is 33.9. The summed E-state index contributed by atoms with van der Waals surface area (Å²) in [5.41, 5.74) is -0.601. The molecule has 0 radical (unpaired) electrons. The highest BCUT2D eigenvalue weighted by Gasteiger charge is 2.57. The fraction of sp³-hybridized carbons (Fsp3) is 0.889. The van der Waals surface area contributed by atoms with Crippen LogP contribution in [0.3, 0.4) is 0 Å². The van der Waals surface area contributed by atoms with Crippen molar-refractivity contribution in [1.82, 2.24) is 10.2 Å². The zero-order valence-electron chi connectivity index (χ0n) is 15.1. The minimum Gasteiger partial charge on any atom is -0.323 e.